The van der Waals surface area contributed by atoms with Gasteiger partial charge in [0.25, 0.3) is 0 Å². The number of carbonyl (C=O) groups excluding carboxylic acids is 1. The number of carbonyl (C=O) groups is 1. The summed E-state index contributed by atoms with van der Waals surface area (Å²) in [5.74, 6) is 2.05. The lowest BCUT2D eigenvalue weighted by Crippen LogP contribution is -2.42. The average Bonchev–Trinajstić information content (AvgIpc) is 2.83. The molecule has 1 fully saturated rings. The van der Waals surface area contributed by atoms with Gasteiger partial charge in [0.15, 0.2) is 0 Å². The molecule has 7 nitrogen and oxygen atoms in total. The van der Waals surface area contributed by atoms with E-state index < -0.39 is 5.60 Å². The molecule has 0 saturated carbocycles. The third-order valence-electron chi connectivity index (χ3n) is 6.31. The fourth-order valence-electron chi connectivity index (χ4n) is 4.30. The number of fused-ring (bicyclic) bond motifs is 1. The highest BCUT2D eigenvalue weighted by molar-refractivity contribution is 5.89. The Kier molecular flexibility index (Phi) is 7.73. The summed E-state index contributed by atoms with van der Waals surface area (Å²) in [6.45, 7) is 10.6. The van der Waals surface area contributed by atoms with Gasteiger partial charge in [-0.1, -0.05) is 24.3 Å². The Labute approximate surface area is 207 Å². The van der Waals surface area contributed by atoms with Crippen molar-refractivity contribution in [3.63, 3.8) is 0 Å². The second-order valence-corrected chi connectivity index (χ2v) is 10.2. The van der Waals surface area contributed by atoms with Crippen LogP contribution in [0.5, 0.6) is 5.75 Å². The Morgan fingerprint density at radius 3 is 2.63 bits per heavy atom. The summed E-state index contributed by atoms with van der Waals surface area (Å²) in [5, 5.41) is 4.44. The molecule has 0 atom stereocenters. The zero-order valence-electron chi connectivity index (χ0n) is 21.2. The van der Waals surface area contributed by atoms with E-state index in [4.69, 9.17) is 9.47 Å². The third-order valence-corrected chi connectivity index (χ3v) is 6.31. The summed E-state index contributed by atoms with van der Waals surface area (Å²) in [4.78, 5) is 22.9. The summed E-state index contributed by atoms with van der Waals surface area (Å²) in [7, 11) is 0. The zero-order chi connectivity index (χ0) is 24.8. The molecule has 3 aromatic rings. The normalized spacial score (nSPS) is 14.7. The number of ether oxygens (including phenoxy) is 2. The number of benzene rings is 2. The van der Waals surface area contributed by atoms with Gasteiger partial charge in [-0.05, 0) is 76.1 Å². The number of rotatable bonds is 7. The van der Waals surface area contributed by atoms with E-state index in [0.717, 1.165) is 48.3 Å². The van der Waals surface area contributed by atoms with Gasteiger partial charge in [0.1, 0.15) is 23.5 Å². The van der Waals surface area contributed by atoms with Gasteiger partial charge in [-0.3, -0.25) is 0 Å². The number of amides is 1. The lowest BCUT2D eigenvalue weighted by atomic mass is 9.98. The molecule has 186 valence electrons. The molecule has 0 spiro atoms. The van der Waals surface area contributed by atoms with E-state index in [9.17, 15) is 4.79 Å². The summed E-state index contributed by atoms with van der Waals surface area (Å²) < 4.78 is 11.6. The van der Waals surface area contributed by atoms with Crippen LogP contribution in [0.1, 0.15) is 44.7 Å². The molecule has 1 N–H and O–H groups in total. The molecule has 2 heterocycles. The molecule has 35 heavy (non-hydrogen) atoms. The van der Waals surface area contributed by atoms with Gasteiger partial charge >= 0.3 is 6.09 Å². The number of nitrogens with zero attached hydrogens (tertiary/aromatic N) is 3. The van der Waals surface area contributed by atoms with Crippen molar-refractivity contribution in [2.24, 2.45) is 5.92 Å². The average molecular weight is 477 g/mol. The molecule has 1 aromatic heterocycles. The summed E-state index contributed by atoms with van der Waals surface area (Å²) in [6.07, 6.45) is 4.11. The monoisotopic (exact) mass is 476 g/mol. The maximum atomic E-state index is 12.3. The first kappa shape index (κ1) is 24.8. The first-order valence-electron chi connectivity index (χ1n) is 12.4. The smallest absolute Gasteiger partial charge is 0.410 e. The minimum absolute atomic E-state index is 0.227. The maximum absolute atomic E-state index is 12.3. The van der Waals surface area contributed by atoms with Crippen LogP contribution in [0.4, 0.5) is 10.6 Å². The van der Waals surface area contributed by atoms with Crippen LogP contribution in [0, 0.1) is 12.8 Å². The van der Waals surface area contributed by atoms with E-state index in [0.29, 0.717) is 25.6 Å². The number of likely N-dealkylation sites (tertiary alicyclic amines) is 1. The number of aromatic nitrogens is 2. The molecule has 0 radical (unpaired) electrons. The molecule has 2 aromatic carbocycles. The Hall–Kier alpha value is -3.35. The van der Waals surface area contributed by atoms with Crippen molar-refractivity contribution in [1.82, 2.24) is 14.9 Å². The van der Waals surface area contributed by atoms with Crippen LogP contribution >= 0.6 is 0 Å². The fourth-order valence-corrected chi connectivity index (χ4v) is 4.30. The second-order valence-electron chi connectivity index (χ2n) is 10.2. The van der Waals surface area contributed by atoms with E-state index >= 15 is 0 Å². The largest absolute Gasteiger partial charge is 0.493 e. The second kappa shape index (κ2) is 10.9. The quantitative estimate of drug-likeness (QED) is 0.477. The van der Waals surface area contributed by atoms with Crippen molar-refractivity contribution in [1.29, 1.82) is 0 Å². The van der Waals surface area contributed by atoms with Crippen LogP contribution in [0.15, 0.2) is 48.8 Å². The zero-order valence-corrected chi connectivity index (χ0v) is 21.2. The summed E-state index contributed by atoms with van der Waals surface area (Å²) in [6, 6.07) is 14.4. The van der Waals surface area contributed by atoms with E-state index in [1.54, 1.807) is 11.2 Å². The van der Waals surface area contributed by atoms with Crippen molar-refractivity contribution in [3.8, 4) is 5.75 Å². The highest BCUT2D eigenvalue weighted by Crippen LogP contribution is 2.26. The number of anilines is 1. The van der Waals surface area contributed by atoms with E-state index in [1.165, 1.54) is 11.1 Å². The van der Waals surface area contributed by atoms with Crippen molar-refractivity contribution in [3.05, 3.63) is 59.9 Å². The van der Waals surface area contributed by atoms with Crippen LogP contribution in [0.25, 0.3) is 10.9 Å². The van der Waals surface area contributed by atoms with E-state index in [-0.39, 0.29) is 6.09 Å². The van der Waals surface area contributed by atoms with Crippen molar-refractivity contribution >= 4 is 22.8 Å². The number of hydrogen-bond acceptors (Lipinski definition) is 6. The van der Waals surface area contributed by atoms with E-state index in [1.807, 2.05) is 39.0 Å². The fraction of sp³-hybridized carbons (Fsp3) is 0.464. The van der Waals surface area contributed by atoms with Gasteiger partial charge in [0.2, 0.25) is 0 Å². The summed E-state index contributed by atoms with van der Waals surface area (Å²) in [5.41, 5.74) is 3.04. The number of nitrogens with one attached hydrogen (secondary N) is 1. The van der Waals surface area contributed by atoms with Crippen molar-refractivity contribution in [2.75, 3.05) is 31.6 Å². The van der Waals surface area contributed by atoms with Gasteiger partial charge in [0.05, 0.1) is 12.1 Å². The SMILES string of the molecule is Cc1ccccc1CCNc1ncnc2cc(OCC3CCN(C(=O)OC(C)(C)C)CC3)ccc12. The van der Waals surface area contributed by atoms with Gasteiger partial charge in [0, 0.05) is 31.1 Å². The molecule has 1 aliphatic heterocycles. The molecular weight excluding hydrogens is 440 g/mol. The Morgan fingerprint density at radius 1 is 1.11 bits per heavy atom. The number of hydrogen-bond donors (Lipinski definition) is 1. The lowest BCUT2D eigenvalue weighted by molar-refractivity contribution is 0.0165. The van der Waals surface area contributed by atoms with Gasteiger partial charge in [-0.15, -0.1) is 0 Å². The molecule has 1 saturated heterocycles. The maximum Gasteiger partial charge on any atom is 0.410 e. The highest BCUT2D eigenvalue weighted by atomic mass is 16.6. The van der Waals surface area contributed by atoms with Crippen LogP contribution in [-0.4, -0.2) is 52.8 Å². The number of piperidine rings is 1. The van der Waals surface area contributed by atoms with Crippen LogP contribution in [-0.2, 0) is 11.2 Å². The number of aryl methyl sites for hydroxylation is 1. The molecule has 1 aliphatic rings. The minimum Gasteiger partial charge on any atom is -0.493 e. The van der Waals surface area contributed by atoms with E-state index in [2.05, 4.69) is 46.5 Å². The first-order valence-corrected chi connectivity index (χ1v) is 12.4. The van der Waals surface area contributed by atoms with Crippen LogP contribution in [0.3, 0.4) is 0 Å². The topological polar surface area (TPSA) is 76.6 Å². The van der Waals surface area contributed by atoms with Gasteiger partial charge in [-0.25, -0.2) is 14.8 Å². The molecule has 0 aliphatic carbocycles. The standard InChI is InChI=1S/C28H36N4O3/c1-20-7-5-6-8-22(20)11-14-29-26-24-10-9-23(17-25(24)30-19-31-26)34-18-21-12-15-32(16-13-21)27(33)35-28(2,3)4/h5-10,17,19,21H,11-16,18H2,1-4H3,(H,29,30,31). The van der Waals surface area contributed by atoms with Crippen LogP contribution in [0.2, 0.25) is 0 Å². The van der Waals surface area contributed by atoms with Crippen molar-refractivity contribution in [2.45, 2.75) is 52.6 Å². The molecule has 0 bridgehead atoms. The molecule has 1 amide bonds. The Balaban J connectivity index is 1.29. The van der Waals surface area contributed by atoms with Crippen LogP contribution < -0.4 is 10.1 Å². The predicted octanol–water partition coefficient (Wildman–Crippen LogP) is 5.62. The van der Waals surface area contributed by atoms with Crippen molar-refractivity contribution < 1.29 is 14.3 Å². The molecular formula is C28H36N4O3. The molecule has 0 unspecified atom stereocenters. The predicted molar refractivity (Wildman–Crippen MR) is 139 cm³/mol. The third kappa shape index (κ3) is 6.84. The van der Waals surface area contributed by atoms with Gasteiger partial charge in [-0.2, -0.15) is 0 Å². The first-order chi connectivity index (χ1) is 16.8. The summed E-state index contributed by atoms with van der Waals surface area (Å²) >= 11 is 0. The minimum atomic E-state index is -0.465. The van der Waals surface area contributed by atoms with Gasteiger partial charge < -0.3 is 19.7 Å². The molecule has 4 rings (SSSR count). The Bertz CT molecular complexity index is 1150. The highest BCUT2D eigenvalue weighted by Gasteiger charge is 2.27. The molecule has 7 heteroatoms. The lowest BCUT2D eigenvalue weighted by Gasteiger charge is -2.33. The Morgan fingerprint density at radius 2 is 1.89 bits per heavy atom.